The SMILES string of the molecule is Cc1cccc(C)[nH+]1.Cc1cccc(C)[nH+]1.[Cr+6].[Cr+6].[O-2].[O-2].[O-2].[O-2].[O-2].[O-2].[O-2]. The van der Waals surface area contributed by atoms with E-state index in [4.69, 9.17) is 0 Å². The normalized spacial score (nSPS) is 5.92. The Morgan fingerprint density at radius 1 is 0.440 bits per heavy atom. The maximum atomic E-state index is 3.17. The van der Waals surface area contributed by atoms with Gasteiger partial charge in [0.25, 0.3) is 0 Å². The summed E-state index contributed by atoms with van der Waals surface area (Å²) < 4.78 is 0. The molecule has 2 aromatic rings. The molecule has 0 bridgehead atoms. The quantitative estimate of drug-likeness (QED) is 0.575. The Balaban J connectivity index is -0.0000000215. The van der Waals surface area contributed by atoms with Crippen LogP contribution in [0.5, 0.6) is 0 Å². The molecular formula is C14H20Cr2N2O7. The molecule has 0 atom stereocenters. The van der Waals surface area contributed by atoms with Crippen LogP contribution in [0.1, 0.15) is 22.8 Å². The van der Waals surface area contributed by atoms with Crippen LogP contribution in [0.25, 0.3) is 0 Å². The van der Waals surface area contributed by atoms with Crippen LogP contribution in [0.4, 0.5) is 0 Å². The third-order valence-electron chi connectivity index (χ3n) is 2.17. The minimum atomic E-state index is 0. The first-order valence-electron chi connectivity index (χ1n) is 5.49. The molecule has 2 aromatic heterocycles. The molecule has 0 unspecified atom stereocenters. The van der Waals surface area contributed by atoms with Crippen molar-refractivity contribution in [3.63, 3.8) is 0 Å². The van der Waals surface area contributed by atoms with Gasteiger partial charge in [-0.05, 0) is 12.1 Å². The zero-order valence-electron chi connectivity index (χ0n) is 14.1. The molecule has 2 N–H and O–H groups in total. The van der Waals surface area contributed by atoms with Crippen LogP contribution in [-0.2, 0) is 73.1 Å². The number of hydrogen-bond acceptors (Lipinski definition) is 0. The summed E-state index contributed by atoms with van der Waals surface area (Å²) in [6, 6.07) is 12.3. The number of H-pyrrole nitrogens is 2. The Morgan fingerprint density at radius 2 is 0.600 bits per heavy atom. The molecule has 0 aromatic carbocycles. The number of nitrogens with one attached hydrogen (secondary N) is 2. The molecule has 0 aliphatic carbocycles. The van der Waals surface area contributed by atoms with Gasteiger partial charge >= 0.3 is 34.7 Å². The van der Waals surface area contributed by atoms with Gasteiger partial charge in [0.15, 0.2) is 22.8 Å². The van der Waals surface area contributed by atoms with Gasteiger partial charge in [-0.3, -0.25) is 0 Å². The number of rotatable bonds is 0. The topological polar surface area (TPSA) is 228 Å². The van der Waals surface area contributed by atoms with E-state index >= 15 is 0 Å². The first-order valence-corrected chi connectivity index (χ1v) is 5.49. The fourth-order valence-electron chi connectivity index (χ4n) is 1.46. The fraction of sp³-hybridized carbons (Fsp3) is 0.286. The van der Waals surface area contributed by atoms with Crippen molar-refractivity contribution in [2.45, 2.75) is 27.7 Å². The average molecular weight is 432 g/mol. The summed E-state index contributed by atoms with van der Waals surface area (Å²) in [4.78, 5) is 6.34. The molecule has 2 heterocycles. The minimum Gasteiger partial charge on any atom is -2.00 e. The number of hydrogen-bond donors (Lipinski definition) is 0. The van der Waals surface area contributed by atoms with Crippen molar-refractivity contribution in [1.82, 2.24) is 0 Å². The molecule has 0 saturated carbocycles. The third-order valence-corrected chi connectivity index (χ3v) is 2.17. The largest absolute Gasteiger partial charge is 6.00 e. The molecule has 0 aliphatic heterocycles. The van der Waals surface area contributed by atoms with E-state index in [0.29, 0.717) is 0 Å². The second kappa shape index (κ2) is 30.9. The second-order valence-corrected chi connectivity index (χ2v) is 4.03. The Bertz CT molecular complexity index is 402. The first kappa shape index (κ1) is 56.4. The molecule has 140 valence electrons. The Kier molecular flexibility index (Phi) is 69.7. The van der Waals surface area contributed by atoms with Crippen molar-refractivity contribution in [1.29, 1.82) is 0 Å². The van der Waals surface area contributed by atoms with Crippen LogP contribution in [0.3, 0.4) is 0 Å². The molecule has 0 saturated heterocycles. The van der Waals surface area contributed by atoms with Gasteiger partial charge in [0, 0.05) is 52.0 Å². The van der Waals surface area contributed by atoms with E-state index in [1.807, 2.05) is 64.1 Å². The van der Waals surface area contributed by atoms with Gasteiger partial charge < -0.3 is 38.3 Å². The monoisotopic (exact) mass is 432 g/mol. The summed E-state index contributed by atoms with van der Waals surface area (Å²) in [6.45, 7) is 8.19. The smallest absolute Gasteiger partial charge is 2.00 e. The van der Waals surface area contributed by atoms with Crippen molar-refractivity contribution in [3.05, 3.63) is 59.2 Å². The van der Waals surface area contributed by atoms with Crippen LogP contribution in [0, 0.1) is 27.7 Å². The molecule has 0 fully saturated rings. The first-order chi connectivity index (χ1) is 7.58. The summed E-state index contributed by atoms with van der Waals surface area (Å²) >= 11 is 0. The van der Waals surface area contributed by atoms with E-state index in [1.54, 1.807) is 0 Å². The predicted molar refractivity (Wildman–Crippen MR) is 69.7 cm³/mol. The number of aromatic amines is 2. The van der Waals surface area contributed by atoms with E-state index in [1.165, 1.54) is 22.8 Å². The van der Waals surface area contributed by atoms with E-state index in [2.05, 4.69) is 9.97 Å². The molecule has 11 heteroatoms. The molecule has 9 nitrogen and oxygen atoms in total. The Morgan fingerprint density at radius 3 is 0.680 bits per heavy atom. The van der Waals surface area contributed by atoms with E-state index in [0.717, 1.165) is 0 Å². The molecule has 0 aliphatic rings. The summed E-state index contributed by atoms with van der Waals surface area (Å²) in [5.41, 5.74) is 4.85. The van der Waals surface area contributed by atoms with Crippen LogP contribution in [-0.4, -0.2) is 0 Å². The van der Waals surface area contributed by atoms with Crippen molar-refractivity contribution in [2.75, 3.05) is 0 Å². The van der Waals surface area contributed by atoms with Crippen molar-refractivity contribution in [2.24, 2.45) is 0 Å². The zero-order valence-corrected chi connectivity index (χ0v) is 16.7. The summed E-state index contributed by atoms with van der Waals surface area (Å²) in [5.74, 6) is 0. The zero-order chi connectivity index (χ0) is 12.0. The van der Waals surface area contributed by atoms with Gasteiger partial charge in [-0.1, -0.05) is 0 Å². The standard InChI is InChI=1S/2C7H9N.2Cr.7O/c2*1-6-4-3-5-7(2)8-6;;;;;;;;;/h2*3-5H,1-2H3;;;;;;;;;/q;;2*+6;7*-2/p+2. The Labute approximate surface area is 170 Å². The van der Waals surface area contributed by atoms with Crippen LogP contribution < -0.4 is 9.97 Å². The molecule has 2 rings (SSSR count). The van der Waals surface area contributed by atoms with E-state index < -0.39 is 0 Å². The average Bonchev–Trinajstić information content (AvgIpc) is 2.17. The van der Waals surface area contributed by atoms with Crippen LogP contribution in [0.15, 0.2) is 36.4 Å². The Hall–Kier alpha value is -0.915. The van der Waals surface area contributed by atoms with Crippen LogP contribution >= 0.6 is 0 Å². The number of aryl methyl sites for hydroxylation is 4. The summed E-state index contributed by atoms with van der Waals surface area (Å²) in [5, 5.41) is 0. The summed E-state index contributed by atoms with van der Waals surface area (Å²) in [7, 11) is 0. The maximum absolute atomic E-state index is 3.17. The molecule has 0 radical (unpaired) electrons. The van der Waals surface area contributed by atoms with Gasteiger partial charge in [0.05, 0.1) is 0 Å². The van der Waals surface area contributed by atoms with Crippen molar-refractivity contribution < 1.29 is 83.0 Å². The fourth-order valence-corrected chi connectivity index (χ4v) is 1.46. The second-order valence-electron chi connectivity index (χ2n) is 4.03. The molecular weight excluding hydrogens is 412 g/mol. The number of aromatic nitrogens is 2. The minimum absolute atomic E-state index is 0. The van der Waals surface area contributed by atoms with E-state index in [9.17, 15) is 0 Å². The van der Waals surface area contributed by atoms with Gasteiger partial charge in [-0.15, -0.1) is 0 Å². The molecule has 0 spiro atoms. The molecule has 25 heavy (non-hydrogen) atoms. The van der Waals surface area contributed by atoms with Gasteiger partial charge in [0.2, 0.25) is 0 Å². The summed E-state index contributed by atoms with van der Waals surface area (Å²) in [6.07, 6.45) is 0. The third kappa shape index (κ3) is 28.2. The van der Waals surface area contributed by atoms with Gasteiger partial charge in [-0.25, -0.2) is 9.97 Å². The van der Waals surface area contributed by atoms with E-state index in [-0.39, 0.29) is 73.1 Å². The van der Waals surface area contributed by atoms with Gasteiger partial charge in [0.1, 0.15) is 0 Å². The van der Waals surface area contributed by atoms with Crippen molar-refractivity contribution in [3.8, 4) is 0 Å². The predicted octanol–water partition coefficient (Wildman–Crippen LogP) is 1.40. The molecule has 0 amide bonds. The maximum Gasteiger partial charge on any atom is 6.00 e. The van der Waals surface area contributed by atoms with Crippen molar-refractivity contribution >= 4 is 0 Å². The number of pyridine rings is 2. The van der Waals surface area contributed by atoms with Crippen LogP contribution in [0.2, 0.25) is 0 Å². The van der Waals surface area contributed by atoms with Gasteiger partial charge in [-0.2, -0.15) is 0 Å².